The van der Waals surface area contributed by atoms with Gasteiger partial charge in [-0.3, -0.25) is 9.97 Å². The van der Waals surface area contributed by atoms with Gasteiger partial charge < -0.3 is 0 Å². The highest BCUT2D eigenvalue weighted by molar-refractivity contribution is 9.10. The zero-order valence-electron chi connectivity index (χ0n) is 9.86. The van der Waals surface area contributed by atoms with Crippen molar-refractivity contribution in [3.05, 3.63) is 59.6 Å². The minimum absolute atomic E-state index is 0.628. The van der Waals surface area contributed by atoms with E-state index in [1.165, 1.54) is 0 Å². The van der Waals surface area contributed by atoms with Crippen molar-refractivity contribution < 1.29 is 0 Å². The first-order valence-electron chi connectivity index (χ1n) is 5.69. The van der Waals surface area contributed by atoms with E-state index in [0.717, 1.165) is 21.4 Å². The van der Waals surface area contributed by atoms with Gasteiger partial charge in [-0.2, -0.15) is 0 Å². The highest BCUT2D eigenvalue weighted by atomic mass is 79.9. The van der Waals surface area contributed by atoms with Gasteiger partial charge in [0.05, 0.1) is 11.3 Å². The first-order valence-corrected chi connectivity index (χ1v) is 6.49. The number of hydrogen-bond donors (Lipinski definition) is 0. The Kier molecular flexibility index (Phi) is 3.29. The maximum Gasteiger partial charge on any atom is 0.162 e. The highest BCUT2D eigenvalue weighted by Crippen LogP contribution is 2.32. The Bertz CT molecular complexity index is 686. The largest absolute Gasteiger partial charge is 0.255 e. The molecule has 0 fully saturated rings. The van der Waals surface area contributed by atoms with Crippen LogP contribution in [0.4, 0.5) is 0 Å². The maximum absolute atomic E-state index is 4.41. The lowest BCUT2D eigenvalue weighted by Gasteiger charge is -2.08. The fourth-order valence-electron chi connectivity index (χ4n) is 1.78. The fourth-order valence-corrected chi connectivity index (χ4v) is 2.26. The zero-order valence-corrected chi connectivity index (χ0v) is 11.4. The molecule has 3 aromatic rings. The molecule has 92 valence electrons. The molecule has 0 atom stereocenters. The average Bonchev–Trinajstić information content (AvgIpc) is 2.49. The van der Waals surface area contributed by atoms with E-state index >= 15 is 0 Å². The zero-order chi connectivity index (χ0) is 13.1. The summed E-state index contributed by atoms with van der Waals surface area (Å²) in [6.45, 7) is 0. The molecule has 3 rings (SSSR count). The van der Waals surface area contributed by atoms with Crippen molar-refractivity contribution in [2.24, 2.45) is 0 Å². The summed E-state index contributed by atoms with van der Waals surface area (Å²) in [5.74, 6) is 0.628. The van der Waals surface area contributed by atoms with Crippen molar-refractivity contribution in [2.45, 2.75) is 0 Å². The van der Waals surface area contributed by atoms with Gasteiger partial charge in [-0.15, -0.1) is 0 Å². The summed E-state index contributed by atoms with van der Waals surface area (Å²) in [5, 5.41) is 0. The van der Waals surface area contributed by atoms with Crippen molar-refractivity contribution in [3.63, 3.8) is 0 Å². The van der Waals surface area contributed by atoms with Crippen molar-refractivity contribution >= 4 is 15.9 Å². The van der Waals surface area contributed by atoms with Crippen molar-refractivity contribution in [2.75, 3.05) is 0 Å². The van der Waals surface area contributed by atoms with E-state index in [-0.39, 0.29) is 0 Å². The van der Waals surface area contributed by atoms with Gasteiger partial charge in [0.1, 0.15) is 5.69 Å². The molecule has 0 N–H and O–H groups in total. The molecule has 0 aliphatic carbocycles. The minimum Gasteiger partial charge on any atom is -0.255 e. The van der Waals surface area contributed by atoms with Crippen LogP contribution < -0.4 is 0 Å². The highest BCUT2D eigenvalue weighted by Gasteiger charge is 2.15. The number of aromatic nitrogens is 4. The van der Waals surface area contributed by atoms with Crippen molar-refractivity contribution in [1.82, 2.24) is 19.9 Å². The van der Waals surface area contributed by atoms with Gasteiger partial charge in [0, 0.05) is 29.3 Å². The summed E-state index contributed by atoms with van der Waals surface area (Å²) in [7, 11) is 0. The molecule has 0 aliphatic rings. The van der Waals surface area contributed by atoms with E-state index < -0.39 is 0 Å². The van der Waals surface area contributed by atoms with Gasteiger partial charge in [-0.1, -0.05) is 6.07 Å². The number of rotatable bonds is 2. The molecule has 5 heteroatoms. The molecule has 3 aromatic heterocycles. The van der Waals surface area contributed by atoms with Gasteiger partial charge in [0.25, 0.3) is 0 Å². The Labute approximate surface area is 118 Å². The molecule has 0 aliphatic heterocycles. The SMILES string of the molecule is Brc1ccnc(-c2ccccn2)c1-c1ncccn1. The molecular formula is C14H9BrN4. The van der Waals surface area contributed by atoms with Crippen LogP contribution in [0.3, 0.4) is 0 Å². The Hall–Kier alpha value is -2.14. The maximum atomic E-state index is 4.41. The van der Waals surface area contributed by atoms with E-state index in [0.29, 0.717) is 5.82 Å². The van der Waals surface area contributed by atoms with Crippen LogP contribution in [0, 0.1) is 0 Å². The third kappa shape index (κ3) is 2.37. The first-order chi connectivity index (χ1) is 9.36. The van der Waals surface area contributed by atoms with E-state index in [9.17, 15) is 0 Å². The van der Waals surface area contributed by atoms with Crippen LogP contribution in [0.1, 0.15) is 0 Å². The quantitative estimate of drug-likeness (QED) is 0.728. The van der Waals surface area contributed by atoms with E-state index in [4.69, 9.17) is 0 Å². The standard InChI is InChI=1S/C14H9BrN4/c15-10-5-9-17-13(11-4-1-2-6-16-11)12(10)14-18-7-3-8-19-14/h1-9H. The second-order valence-electron chi connectivity index (χ2n) is 3.80. The molecule has 0 bridgehead atoms. The van der Waals surface area contributed by atoms with Gasteiger partial charge in [-0.05, 0) is 40.2 Å². The lowest BCUT2D eigenvalue weighted by atomic mass is 10.1. The second-order valence-corrected chi connectivity index (χ2v) is 4.66. The third-order valence-corrected chi connectivity index (χ3v) is 3.26. The predicted molar refractivity (Wildman–Crippen MR) is 76.2 cm³/mol. The number of halogens is 1. The van der Waals surface area contributed by atoms with Crippen molar-refractivity contribution in [3.8, 4) is 22.8 Å². The van der Waals surface area contributed by atoms with Crippen LogP contribution >= 0.6 is 15.9 Å². The Morgan fingerprint density at radius 2 is 1.53 bits per heavy atom. The van der Waals surface area contributed by atoms with Crippen LogP contribution in [0.25, 0.3) is 22.8 Å². The molecule has 0 spiro atoms. The number of hydrogen-bond acceptors (Lipinski definition) is 4. The van der Waals surface area contributed by atoms with Crippen LogP contribution in [0.5, 0.6) is 0 Å². The molecular weight excluding hydrogens is 304 g/mol. The van der Waals surface area contributed by atoms with Crippen molar-refractivity contribution in [1.29, 1.82) is 0 Å². The summed E-state index contributed by atoms with van der Waals surface area (Å²) in [6.07, 6.45) is 6.90. The molecule has 0 radical (unpaired) electrons. The Morgan fingerprint density at radius 1 is 0.737 bits per heavy atom. The molecule has 4 nitrogen and oxygen atoms in total. The Balaban J connectivity index is 2.25. The monoisotopic (exact) mass is 312 g/mol. The fraction of sp³-hybridized carbons (Fsp3) is 0. The minimum atomic E-state index is 0.628. The van der Waals surface area contributed by atoms with E-state index in [1.807, 2.05) is 24.3 Å². The molecule has 3 heterocycles. The molecule has 0 saturated carbocycles. The lowest BCUT2D eigenvalue weighted by molar-refractivity contribution is 1.15. The normalized spacial score (nSPS) is 10.4. The van der Waals surface area contributed by atoms with Gasteiger partial charge in [-0.25, -0.2) is 9.97 Å². The van der Waals surface area contributed by atoms with E-state index in [1.54, 1.807) is 30.9 Å². The van der Waals surface area contributed by atoms with Crippen LogP contribution in [-0.2, 0) is 0 Å². The van der Waals surface area contributed by atoms with Gasteiger partial charge >= 0.3 is 0 Å². The number of nitrogens with zero attached hydrogens (tertiary/aromatic N) is 4. The summed E-state index contributed by atoms with van der Waals surface area (Å²) < 4.78 is 0.898. The number of pyridine rings is 2. The topological polar surface area (TPSA) is 51.6 Å². The van der Waals surface area contributed by atoms with E-state index in [2.05, 4.69) is 35.9 Å². The first kappa shape index (κ1) is 11.9. The summed E-state index contributed by atoms with van der Waals surface area (Å²) in [5.41, 5.74) is 2.41. The molecule has 19 heavy (non-hydrogen) atoms. The van der Waals surface area contributed by atoms with Crippen LogP contribution in [0.2, 0.25) is 0 Å². The van der Waals surface area contributed by atoms with Gasteiger partial charge in [0.2, 0.25) is 0 Å². The summed E-state index contributed by atoms with van der Waals surface area (Å²) >= 11 is 3.53. The third-order valence-electron chi connectivity index (χ3n) is 2.60. The molecule has 0 amide bonds. The average molecular weight is 313 g/mol. The smallest absolute Gasteiger partial charge is 0.162 e. The summed E-state index contributed by atoms with van der Waals surface area (Å²) in [6, 6.07) is 9.38. The second kappa shape index (κ2) is 5.24. The predicted octanol–water partition coefficient (Wildman–Crippen LogP) is 3.36. The summed E-state index contributed by atoms with van der Waals surface area (Å²) in [4.78, 5) is 17.3. The Morgan fingerprint density at radius 3 is 2.26 bits per heavy atom. The molecule has 0 unspecified atom stereocenters. The van der Waals surface area contributed by atoms with Crippen LogP contribution in [0.15, 0.2) is 59.6 Å². The van der Waals surface area contributed by atoms with Gasteiger partial charge in [0.15, 0.2) is 5.82 Å². The van der Waals surface area contributed by atoms with Crippen LogP contribution in [-0.4, -0.2) is 19.9 Å². The molecule has 0 saturated heterocycles. The molecule has 0 aromatic carbocycles. The lowest BCUT2D eigenvalue weighted by Crippen LogP contribution is -1.95.